The van der Waals surface area contributed by atoms with Gasteiger partial charge in [0.05, 0.1) is 10.0 Å². The van der Waals surface area contributed by atoms with Crippen molar-refractivity contribution in [3.63, 3.8) is 0 Å². The van der Waals surface area contributed by atoms with E-state index in [1.54, 1.807) is 25.1 Å². The van der Waals surface area contributed by atoms with Gasteiger partial charge in [-0.3, -0.25) is 4.79 Å². The quantitative estimate of drug-likeness (QED) is 0.899. The second-order valence-corrected chi connectivity index (χ2v) is 6.27. The summed E-state index contributed by atoms with van der Waals surface area (Å²) in [5.41, 5.74) is 0.432. The number of rotatable bonds is 3. The number of halogens is 2. The van der Waals surface area contributed by atoms with Crippen LogP contribution in [0.15, 0.2) is 18.2 Å². The molecule has 0 saturated carbocycles. The number of carboxylic acids is 1. The van der Waals surface area contributed by atoms with Crippen molar-refractivity contribution < 1.29 is 14.7 Å². The number of hydrogen-bond donors (Lipinski definition) is 1. The second-order valence-electron chi connectivity index (χ2n) is 5.46. The summed E-state index contributed by atoms with van der Waals surface area (Å²) >= 11 is 12.3. The van der Waals surface area contributed by atoms with Gasteiger partial charge in [0, 0.05) is 6.54 Å². The van der Waals surface area contributed by atoms with Gasteiger partial charge in [-0.25, -0.2) is 14.5 Å². The molecule has 7 nitrogen and oxygen atoms in total. The fourth-order valence-corrected chi connectivity index (χ4v) is 3.34. The molecule has 0 bridgehead atoms. The largest absolute Gasteiger partial charge is 0.480 e. The third-order valence-electron chi connectivity index (χ3n) is 3.91. The third kappa shape index (κ3) is 2.85. The van der Waals surface area contributed by atoms with Crippen LogP contribution in [0.3, 0.4) is 0 Å². The summed E-state index contributed by atoms with van der Waals surface area (Å²) in [4.78, 5) is 29.3. The van der Waals surface area contributed by atoms with Crippen LogP contribution < -0.4 is 0 Å². The fourth-order valence-electron chi connectivity index (χ4n) is 2.78. The predicted octanol–water partition coefficient (Wildman–Crippen LogP) is 2.57. The molecule has 1 N–H and O–H groups in total. The van der Waals surface area contributed by atoms with E-state index in [0.29, 0.717) is 40.9 Å². The molecular weight excluding hydrogens is 355 g/mol. The van der Waals surface area contributed by atoms with Gasteiger partial charge in [0.1, 0.15) is 17.6 Å². The number of carbonyl (C=O) groups is 2. The van der Waals surface area contributed by atoms with E-state index in [4.69, 9.17) is 23.2 Å². The van der Waals surface area contributed by atoms with E-state index in [1.165, 1.54) is 9.58 Å². The van der Waals surface area contributed by atoms with Crippen molar-refractivity contribution in [2.75, 3.05) is 6.54 Å². The van der Waals surface area contributed by atoms with E-state index in [0.717, 1.165) is 0 Å². The van der Waals surface area contributed by atoms with Gasteiger partial charge in [0.2, 0.25) is 5.82 Å². The molecule has 1 aromatic heterocycles. The van der Waals surface area contributed by atoms with Crippen LogP contribution in [-0.4, -0.2) is 49.2 Å². The first-order chi connectivity index (χ1) is 11.4. The minimum absolute atomic E-state index is 0.0726. The molecule has 0 radical (unpaired) electrons. The van der Waals surface area contributed by atoms with Crippen LogP contribution in [0.4, 0.5) is 0 Å². The number of likely N-dealkylation sites (tertiary alicyclic amines) is 1. The Labute approximate surface area is 147 Å². The smallest absolute Gasteiger partial charge is 0.326 e. The number of nitrogens with zero attached hydrogens (tertiary/aromatic N) is 4. The predicted molar refractivity (Wildman–Crippen MR) is 87.8 cm³/mol. The highest BCUT2D eigenvalue weighted by atomic mass is 35.5. The van der Waals surface area contributed by atoms with Crippen molar-refractivity contribution in [1.29, 1.82) is 0 Å². The monoisotopic (exact) mass is 368 g/mol. The Kier molecular flexibility index (Phi) is 4.47. The van der Waals surface area contributed by atoms with Crippen LogP contribution in [0, 0.1) is 6.92 Å². The first kappa shape index (κ1) is 16.7. The molecule has 24 heavy (non-hydrogen) atoms. The molecule has 1 amide bonds. The minimum atomic E-state index is -1.02. The lowest BCUT2D eigenvalue weighted by Gasteiger charge is -2.19. The summed E-state index contributed by atoms with van der Waals surface area (Å²) in [5, 5.41) is 14.2. The number of carboxylic acid groups (broad SMARTS) is 1. The second kappa shape index (κ2) is 6.41. The summed E-state index contributed by atoms with van der Waals surface area (Å²) in [5.74, 6) is -1.17. The molecule has 1 atom stereocenters. The van der Waals surface area contributed by atoms with Gasteiger partial charge in [-0.2, -0.15) is 0 Å². The zero-order valence-electron chi connectivity index (χ0n) is 12.7. The number of aliphatic carboxylic acids is 1. The Balaban J connectivity index is 1.97. The first-order valence-corrected chi connectivity index (χ1v) is 8.07. The summed E-state index contributed by atoms with van der Waals surface area (Å²) in [6, 6.07) is 4.18. The molecule has 1 aromatic carbocycles. The number of para-hydroxylation sites is 1. The molecular formula is C15H14Cl2N4O3. The normalized spacial score (nSPS) is 17.3. The highest BCUT2D eigenvalue weighted by molar-refractivity contribution is 6.37. The van der Waals surface area contributed by atoms with Gasteiger partial charge < -0.3 is 10.0 Å². The number of carbonyl (C=O) groups excluding carboxylic acids is 1. The van der Waals surface area contributed by atoms with Crippen LogP contribution in [0.2, 0.25) is 10.0 Å². The van der Waals surface area contributed by atoms with Gasteiger partial charge in [-0.15, -0.1) is 5.10 Å². The van der Waals surface area contributed by atoms with Gasteiger partial charge in [-0.1, -0.05) is 29.3 Å². The maximum absolute atomic E-state index is 12.6. The number of hydrogen-bond acceptors (Lipinski definition) is 4. The summed E-state index contributed by atoms with van der Waals surface area (Å²) in [6.07, 6.45) is 1.07. The lowest BCUT2D eigenvalue weighted by molar-refractivity contribution is -0.141. The summed E-state index contributed by atoms with van der Waals surface area (Å²) in [6.45, 7) is 2.04. The number of benzene rings is 1. The van der Waals surface area contributed by atoms with Gasteiger partial charge in [0.25, 0.3) is 5.91 Å². The van der Waals surface area contributed by atoms with E-state index < -0.39 is 17.9 Å². The van der Waals surface area contributed by atoms with Crippen molar-refractivity contribution in [1.82, 2.24) is 19.7 Å². The van der Waals surface area contributed by atoms with E-state index in [1.807, 2.05) is 0 Å². The maximum Gasteiger partial charge on any atom is 0.326 e. The zero-order chi connectivity index (χ0) is 17.4. The fraction of sp³-hybridized carbons (Fsp3) is 0.333. The van der Waals surface area contributed by atoms with E-state index in [2.05, 4.69) is 10.1 Å². The van der Waals surface area contributed by atoms with Crippen LogP contribution in [-0.2, 0) is 4.79 Å². The molecule has 3 rings (SSSR count). The number of aromatic nitrogens is 3. The van der Waals surface area contributed by atoms with Crippen LogP contribution in [0.5, 0.6) is 0 Å². The Bertz CT molecular complexity index is 801. The Hall–Kier alpha value is -2.12. The molecule has 0 aliphatic carbocycles. The van der Waals surface area contributed by atoms with Crippen LogP contribution >= 0.6 is 23.2 Å². The molecule has 1 fully saturated rings. The Morgan fingerprint density at radius 3 is 2.58 bits per heavy atom. The molecule has 2 heterocycles. The zero-order valence-corrected chi connectivity index (χ0v) is 14.3. The molecule has 126 valence electrons. The Morgan fingerprint density at radius 2 is 1.96 bits per heavy atom. The van der Waals surface area contributed by atoms with Gasteiger partial charge in [0.15, 0.2) is 0 Å². The molecule has 1 saturated heterocycles. The molecule has 9 heteroatoms. The first-order valence-electron chi connectivity index (χ1n) is 7.32. The van der Waals surface area contributed by atoms with Crippen molar-refractivity contribution in [2.24, 2.45) is 0 Å². The highest BCUT2D eigenvalue weighted by Gasteiger charge is 2.36. The molecule has 1 aliphatic heterocycles. The lowest BCUT2D eigenvalue weighted by atomic mass is 10.2. The van der Waals surface area contributed by atoms with E-state index in [-0.39, 0.29) is 5.82 Å². The van der Waals surface area contributed by atoms with Crippen molar-refractivity contribution in [3.8, 4) is 5.69 Å². The highest BCUT2D eigenvalue weighted by Crippen LogP contribution is 2.29. The molecule has 1 unspecified atom stereocenters. The molecule has 1 aliphatic rings. The standard InChI is InChI=1S/C15H14Cl2N4O3/c1-8-18-13(14(22)20-7-3-6-11(20)15(23)24)19-21(8)12-9(16)4-2-5-10(12)17/h2,4-5,11H,3,6-7H2,1H3,(H,23,24). The summed E-state index contributed by atoms with van der Waals surface area (Å²) in [7, 11) is 0. The molecule has 2 aromatic rings. The average Bonchev–Trinajstić information content (AvgIpc) is 3.14. The maximum atomic E-state index is 12.6. The number of amides is 1. The lowest BCUT2D eigenvalue weighted by Crippen LogP contribution is -2.40. The van der Waals surface area contributed by atoms with Crippen molar-refractivity contribution >= 4 is 35.1 Å². The minimum Gasteiger partial charge on any atom is -0.480 e. The van der Waals surface area contributed by atoms with Crippen molar-refractivity contribution in [3.05, 3.63) is 39.9 Å². The van der Waals surface area contributed by atoms with Gasteiger partial charge in [-0.05, 0) is 31.9 Å². The molecule has 0 spiro atoms. The van der Waals surface area contributed by atoms with E-state index >= 15 is 0 Å². The van der Waals surface area contributed by atoms with Gasteiger partial charge >= 0.3 is 5.97 Å². The average molecular weight is 369 g/mol. The SMILES string of the molecule is Cc1nc(C(=O)N2CCCC2C(=O)O)nn1-c1c(Cl)cccc1Cl. The topological polar surface area (TPSA) is 88.3 Å². The van der Waals surface area contributed by atoms with E-state index in [9.17, 15) is 14.7 Å². The van der Waals surface area contributed by atoms with Crippen LogP contribution in [0.25, 0.3) is 5.69 Å². The third-order valence-corrected chi connectivity index (χ3v) is 4.52. The van der Waals surface area contributed by atoms with Crippen molar-refractivity contribution in [2.45, 2.75) is 25.8 Å². The van der Waals surface area contributed by atoms with Crippen LogP contribution in [0.1, 0.15) is 29.3 Å². The summed E-state index contributed by atoms with van der Waals surface area (Å²) < 4.78 is 1.39. The number of aryl methyl sites for hydroxylation is 1. The Morgan fingerprint density at radius 1 is 1.29 bits per heavy atom.